The summed E-state index contributed by atoms with van der Waals surface area (Å²) in [5, 5.41) is 14.1. The fourth-order valence-electron chi connectivity index (χ4n) is 21.9. The zero-order chi connectivity index (χ0) is 101. The van der Waals surface area contributed by atoms with Crippen molar-refractivity contribution in [2.24, 2.45) is 21.1 Å². The van der Waals surface area contributed by atoms with Gasteiger partial charge >= 0.3 is 60.3 Å². The van der Waals surface area contributed by atoms with E-state index in [-0.39, 0.29) is 60.3 Å². The van der Waals surface area contributed by atoms with Gasteiger partial charge in [-0.05, 0) is 184 Å². The van der Waals surface area contributed by atoms with Crippen LogP contribution in [-0.2, 0) is 81.5 Å². The van der Waals surface area contributed by atoms with Crippen molar-refractivity contribution in [3.05, 3.63) is 431 Å². The molecule has 24 aromatic rings. The number of fused-ring (bicyclic) bond motifs is 24. The Balaban J connectivity index is 0.000000116. The molecule has 0 aliphatic carbocycles. The molecule has 750 valence electrons. The van der Waals surface area contributed by atoms with E-state index in [0.29, 0.717) is 35.5 Å². The first-order valence-corrected chi connectivity index (χ1v) is 51.0. The van der Waals surface area contributed by atoms with Gasteiger partial charge < -0.3 is 56.3 Å². The molecule has 150 heavy (non-hydrogen) atoms. The summed E-state index contributed by atoms with van der Waals surface area (Å²) in [6, 6.07) is 124. The van der Waals surface area contributed by atoms with Crippen LogP contribution in [0.5, 0.6) is 0 Å². The van der Waals surface area contributed by atoms with Crippen molar-refractivity contribution >= 4 is 166 Å². The van der Waals surface area contributed by atoms with Crippen LogP contribution >= 0.6 is 0 Å². The number of hydrogen-bond acceptors (Lipinski definition) is 10. The smallest absolute Gasteiger partial charge is 0.504 e. The van der Waals surface area contributed by atoms with Gasteiger partial charge in [-0.25, -0.2) is 4.98 Å². The minimum Gasteiger partial charge on any atom is -0.504 e. The van der Waals surface area contributed by atoms with Crippen LogP contribution in [-0.4, -0.2) is 68.0 Å². The SMILES string of the molecule is CC(C)c1cccc(C(C)C)c1-c1cnc2c3[c-]cccc3c3cc4c(ccn4C)cc3n12.CC(C)c1cccc(C(C)C)c1-c1cnc2c3[c-]cccc3c3cc4cn(C)cc4cc3n12.CC(C)c1cccc(C(C)C)c1-c1cnc2c3[c-]cccc3c3cc4ncn(C)c4cc3n12.CN1[CH-]N(c2[c-]cccc2)c2ccccc21.CN1[CH-]N(c2[c-]cccc2)c2ccccc21.CN1[CH-]N(c2[c-]cccc2)c2ccccc21.[Ir+3].[Ir+3].[Ir+3]. The van der Waals surface area contributed by atoms with Gasteiger partial charge in [-0.1, -0.05) is 196 Å². The number of aryl methyl sites for hydroxylation is 3. The van der Waals surface area contributed by atoms with E-state index in [1.54, 1.807) is 0 Å². The van der Waals surface area contributed by atoms with Gasteiger partial charge in [0.25, 0.3) is 0 Å². The summed E-state index contributed by atoms with van der Waals surface area (Å²) in [6.45, 7) is 33.6. The van der Waals surface area contributed by atoms with Crippen molar-refractivity contribution in [2.45, 2.75) is 119 Å². The van der Waals surface area contributed by atoms with Gasteiger partial charge in [0.1, 0.15) is 0 Å². The van der Waals surface area contributed by atoms with E-state index in [1.807, 2.05) is 86.2 Å². The normalized spacial score (nSPS) is 12.6. The Hall–Kier alpha value is -14.8. The zero-order valence-electron chi connectivity index (χ0n) is 87.7. The molecule has 19 heteroatoms. The number of pyridine rings is 3. The van der Waals surface area contributed by atoms with Gasteiger partial charge in [-0.15, -0.1) is 106 Å². The Morgan fingerprint density at radius 2 is 0.573 bits per heavy atom. The molecule has 0 saturated heterocycles. The van der Waals surface area contributed by atoms with Crippen molar-refractivity contribution < 1.29 is 60.3 Å². The van der Waals surface area contributed by atoms with Crippen molar-refractivity contribution in [2.75, 3.05) is 50.5 Å². The first-order chi connectivity index (χ1) is 71.4. The summed E-state index contributed by atoms with van der Waals surface area (Å²) in [6.07, 6.45) is 14.6. The van der Waals surface area contributed by atoms with E-state index in [4.69, 9.17) is 15.0 Å². The quantitative estimate of drug-likeness (QED) is 0.0869. The summed E-state index contributed by atoms with van der Waals surface area (Å²) in [7, 11) is 12.4. The second-order valence-corrected chi connectivity index (χ2v) is 40.6. The monoisotopic (exact) mass is 2490 g/mol. The standard InChI is InChI=1S/2C30H28N3.C29H27N4.3C14H12N2.3Ir/c1-18(2)22-11-8-12-23(19(3)4)29(22)28-15-31-30-25-10-7-6-9-24(25)26-13-20-16-32(5)17-21(20)14-27(26)33(28)30;1-18(2)21-11-8-12-22(19(3)4)29(21)28-17-31-30-24-10-7-6-9-23(24)25-16-26-20(13-14-32(26)5)15-27(25)33(28)30;1-17(2)19-11-8-12-20(18(3)4)28(19)27-15-30-29-22-10-7-6-9-21(22)23-13-24-26(32(5)16-31-24)14-25(23)33(27)29;3*1-15-11-16(12-7-3-2-4-8-12)14-10-6-5-9-13(14)15;;;/h2*6-9,11-19H,1-5H3;6-9,11-18H,1-5H3;3*2-7,9-11H,1H3;;;/q3*-1;3*-2;3*+3. The minimum absolute atomic E-state index is 0. The number of hydrogen-bond donors (Lipinski definition) is 0. The average molecular weight is 2490 g/mol. The molecule has 0 unspecified atom stereocenters. The molecule has 0 bridgehead atoms. The second-order valence-electron chi connectivity index (χ2n) is 40.6. The number of rotatable bonds is 12. The summed E-state index contributed by atoms with van der Waals surface area (Å²) in [5.74, 6) is 2.50. The Kier molecular flexibility index (Phi) is 30.0. The van der Waals surface area contributed by atoms with Crippen LogP contribution in [0.3, 0.4) is 0 Å². The van der Waals surface area contributed by atoms with E-state index in [9.17, 15) is 0 Å². The number of para-hydroxylation sites is 9. The Morgan fingerprint density at radius 1 is 0.260 bits per heavy atom. The molecule has 15 aromatic carbocycles. The Bertz CT molecular complexity index is 8610. The van der Waals surface area contributed by atoms with Gasteiger partial charge in [0.2, 0.25) is 0 Å². The van der Waals surface area contributed by atoms with E-state index in [1.165, 1.54) is 144 Å². The van der Waals surface area contributed by atoms with Crippen LogP contribution < -0.4 is 29.4 Å². The van der Waals surface area contributed by atoms with Crippen LogP contribution in [0.25, 0.3) is 148 Å². The molecule has 9 aromatic heterocycles. The molecule has 12 heterocycles. The van der Waals surface area contributed by atoms with Crippen molar-refractivity contribution in [1.29, 1.82) is 0 Å². The average Bonchev–Trinajstić information content (AvgIpc) is 1.61. The Labute approximate surface area is 920 Å². The van der Waals surface area contributed by atoms with Crippen molar-refractivity contribution in [3.63, 3.8) is 0 Å². The third-order valence-electron chi connectivity index (χ3n) is 29.0. The molecular weight excluding hydrogens is 2370 g/mol. The molecule has 0 amide bonds. The molecule has 0 radical (unpaired) electrons. The fourth-order valence-corrected chi connectivity index (χ4v) is 21.9. The fraction of sp³-hybridized carbons (Fsp3) is 0.183. The van der Waals surface area contributed by atoms with Crippen LogP contribution in [0.1, 0.15) is 152 Å². The van der Waals surface area contributed by atoms with E-state index >= 15 is 0 Å². The maximum atomic E-state index is 4.99. The summed E-state index contributed by atoms with van der Waals surface area (Å²) < 4.78 is 13.5. The summed E-state index contributed by atoms with van der Waals surface area (Å²) in [5.41, 5.74) is 35.8. The van der Waals surface area contributed by atoms with Crippen molar-refractivity contribution in [3.8, 4) is 33.8 Å². The first-order valence-electron chi connectivity index (χ1n) is 51.0. The Morgan fingerprint density at radius 3 is 0.920 bits per heavy atom. The largest absolute Gasteiger partial charge is 3.00 e. The van der Waals surface area contributed by atoms with Crippen LogP contribution in [0.2, 0.25) is 0 Å². The first kappa shape index (κ1) is 104. The minimum atomic E-state index is 0. The predicted molar refractivity (Wildman–Crippen MR) is 615 cm³/mol. The predicted octanol–water partition coefficient (Wildman–Crippen LogP) is 32.5. The maximum absolute atomic E-state index is 4.99. The molecule has 0 spiro atoms. The maximum Gasteiger partial charge on any atom is 3.00 e. The second kappa shape index (κ2) is 43.4. The van der Waals surface area contributed by atoms with Crippen LogP contribution in [0.4, 0.5) is 51.2 Å². The third kappa shape index (κ3) is 19.0. The summed E-state index contributed by atoms with van der Waals surface area (Å²) in [4.78, 5) is 32.4. The topological polar surface area (TPSA) is 99.0 Å². The zero-order valence-corrected chi connectivity index (χ0v) is 94.9. The van der Waals surface area contributed by atoms with E-state index < -0.39 is 0 Å². The van der Waals surface area contributed by atoms with Crippen molar-refractivity contribution in [1.82, 2.24) is 46.8 Å². The number of nitrogens with zero attached hydrogens (tertiary/aromatic N) is 16. The molecule has 3 aliphatic rings. The third-order valence-corrected chi connectivity index (χ3v) is 29.0. The number of benzene rings is 15. The number of aromatic nitrogens is 10. The van der Waals surface area contributed by atoms with Gasteiger partial charge in [-0.3, -0.25) is 15.0 Å². The summed E-state index contributed by atoms with van der Waals surface area (Å²) >= 11 is 0. The molecule has 27 rings (SSSR count). The van der Waals surface area contributed by atoms with E-state index in [0.717, 1.165) is 89.2 Å². The number of anilines is 9. The van der Waals surface area contributed by atoms with Crippen LogP contribution in [0, 0.1) is 56.4 Å². The number of imidazole rings is 4. The molecule has 0 fully saturated rings. The molecule has 3 aliphatic heterocycles. The van der Waals surface area contributed by atoms with Gasteiger partial charge in [-0.2, -0.15) is 111 Å². The van der Waals surface area contributed by atoms with Gasteiger partial charge in [0.15, 0.2) is 0 Å². The van der Waals surface area contributed by atoms with E-state index in [2.05, 4.69) is 498 Å². The van der Waals surface area contributed by atoms with Gasteiger partial charge in [0, 0.05) is 142 Å². The molecule has 16 nitrogen and oxygen atoms in total. The molecule has 0 atom stereocenters. The van der Waals surface area contributed by atoms with Gasteiger partial charge in [0.05, 0.1) is 51.4 Å². The molecular formula is C131H119Ir3N16. The molecule has 0 N–H and O–H groups in total. The van der Waals surface area contributed by atoms with Crippen LogP contribution in [0.15, 0.2) is 341 Å². The molecule has 0 saturated carbocycles.